The molecule has 6 heteroatoms. The SMILES string of the molecule is c1ccc2sc(N3CCCN(Cc4cncn4C4CCCCC4)CC3)nc2c1. The van der Waals surface area contributed by atoms with E-state index >= 15 is 0 Å². The molecule has 3 aromatic rings. The summed E-state index contributed by atoms with van der Waals surface area (Å²) in [6.07, 6.45) is 12.1. The van der Waals surface area contributed by atoms with Crippen LogP contribution in [0.15, 0.2) is 36.8 Å². The summed E-state index contributed by atoms with van der Waals surface area (Å²) >= 11 is 1.82. The predicted octanol–water partition coefficient (Wildman–Crippen LogP) is 4.71. The maximum absolute atomic E-state index is 4.87. The van der Waals surface area contributed by atoms with Crippen LogP contribution in [-0.4, -0.2) is 45.6 Å². The predicted molar refractivity (Wildman–Crippen MR) is 116 cm³/mol. The molecule has 0 bridgehead atoms. The number of rotatable bonds is 4. The molecule has 1 saturated heterocycles. The van der Waals surface area contributed by atoms with Gasteiger partial charge in [0.05, 0.1) is 22.2 Å². The van der Waals surface area contributed by atoms with Gasteiger partial charge >= 0.3 is 0 Å². The Morgan fingerprint density at radius 3 is 2.75 bits per heavy atom. The number of anilines is 1. The van der Waals surface area contributed by atoms with Gasteiger partial charge in [-0.3, -0.25) is 4.90 Å². The van der Waals surface area contributed by atoms with Gasteiger partial charge in [0.2, 0.25) is 0 Å². The zero-order valence-corrected chi connectivity index (χ0v) is 17.3. The topological polar surface area (TPSA) is 37.2 Å². The van der Waals surface area contributed by atoms with Crippen LogP contribution >= 0.6 is 11.3 Å². The normalized spacial score (nSPS) is 19.9. The molecule has 5 rings (SSSR count). The van der Waals surface area contributed by atoms with Gasteiger partial charge in [-0.25, -0.2) is 9.97 Å². The highest BCUT2D eigenvalue weighted by atomic mass is 32.1. The summed E-state index contributed by atoms with van der Waals surface area (Å²) in [6.45, 7) is 5.41. The van der Waals surface area contributed by atoms with Crippen molar-refractivity contribution in [2.45, 2.75) is 51.1 Å². The largest absolute Gasteiger partial charge is 0.347 e. The maximum Gasteiger partial charge on any atom is 0.186 e. The number of hydrogen-bond donors (Lipinski definition) is 0. The Morgan fingerprint density at radius 1 is 0.964 bits per heavy atom. The van der Waals surface area contributed by atoms with Gasteiger partial charge in [0.1, 0.15) is 0 Å². The van der Waals surface area contributed by atoms with Crippen LogP contribution in [-0.2, 0) is 6.54 Å². The molecule has 0 amide bonds. The highest BCUT2D eigenvalue weighted by Crippen LogP contribution is 2.31. The molecular formula is C22H29N5S. The van der Waals surface area contributed by atoms with Crippen molar-refractivity contribution in [2.24, 2.45) is 0 Å². The van der Waals surface area contributed by atoms with Gasteiger partial charge < -0.3 is 9.47 Å². The fourth-order valence-corrected chi connectivity index (χ4v) is 5.70. The molecule has 2 fully saturated rings. The number of benzene rings is 1. The lowest BCUT2D eigenvalue weighted by Crippen LogP contribution is -2.31. The van der Waals surface area contributed by atoms with Gasteiger partial charge in [-0.1, -0.05) is 42.7 Å². The van der Waals surface area contributed by atoms with Crippen LogP contribution in [0.25, 0.3) is 10.2 Å². The standard InChI is InChI=1S/C22H29N5S/c1-2-7-18(8-3-1)27-17-23-15-19(27)16-25-11-6-12-26(14-13-25)22-24-20-9-4-5-10-21(20)28-22/h4-5,9-10,15,17-18H,1-3,6-8,11-14,16H2. The summed E-state index contributed by atoms with van der Waals surface area (Å²) in [5.74, 6) is 0. The Morgan fingerprint density at radius 2 is 1.86 bits per heavy atom. The quantitative estimate of drug-likeness (QED) is 0.641. The van der Waals surface area contributed by atoms with Crippen LogP contribution < -0.4 is 4.90 Å². The first-order valence-electron chi connectivity index (χ1n) is 10.7. The lowest BCUT2D eigenvalue weighted by atomic mass is 9.95. The molecule has 1 saturated carbocycles. The molecule has 2 aromatic heterocycles. The second kappa shape index (κ2) is 8.21. The molecule has 28 heavy (non-hydrogen) atoms. The lowest BCUT2D eigenvalue weighted by molar-refractivity contribution is 0.266. The van der Waals surface area contributed by atoms with E-state index in [9.17, 15) is 0 Å². The first-order chi connectivity index (χ1) is 13.9. The van der Waals surface area contributed by atoms with Crippen molar-refractivity contribution < 1.29 is 0 Å². The van der Waals surface area contributed by atoms with Crippen molar-refractivity contribution in [3.05, 3.63) is 42.5 Å². The van der Waals surface area contributed by atoms with E-state index in [4.69, 9.17) is 4.98 Å². The molecule has 0 spiro atoms. The fourth-order valence-electron chi connectivity index (χ4n) is 4.69. The van der Waals surface area contributed by atoms with Crippen molar-refractivity contribution in [1.29, 1.82) is 0 Å². The van der Waals surface area contributed by atoms with E-state index in [0.717, 1.165) is 38.2 Å². The fraction of sp³-hybridized carbons (Fsp3) is 0.545. The Kier molecular flexibility index (Phi) is 5.32. The number of nitrogens with zero attached hydrogens (tertiary/aromatic N) is 5. The summed E-state index contributed by atoms with van der Waals surface area (Å²) in [6, 6.07) is 9.13. The number of thiazole rings is 1. The van der Waals surface area contributed by atoms with Gasteiger partial charge in [0.25, 0.3) is 0 Å². The molecule has 2 aliphatic rings. The van der Waals surface area contributed by atoms with Crippen LogP contribution in [0, 0.1) is 0 Å². The molecule has 0 N–H and O–H groups in total. The second-order valence-electron chi connectivity index (χ2n) is 8.16. The molecular weight excluding hydrogens is 366 g/mol. The van der Waals surface area contributed by atoms with Crippen LogP contribution in [0.5, 0.6) is 0 Å². The summed E-state index contributed by atoms with van der Waals surface area (Å²) < 4.78 is 3.75. The molecule has 5 nitrogen and oxygen atoms in total. The van der Waals surface area contributed by atoms with Gasteiger partial charge in [0, 0.05) is 45.0 Å². The van der Waals surface area contributed by atoms with Gasteiger partial charge in [-0.2, -0.15) is 0 Å². The van der Waals surface area contributed by atoms with Crippen LogP contribution in [0.3, 0.4) is 0 Å². The highest BCUT2D eigenvalue weighted by Gasteiger charge is 2.21. The van der Waals surface area contributed by atoms with Crippen molar-refractivity contribution in [3.8, 4) is 0 Å². The minimum absolute atomic E-state index is 0.664. The Hall–Kier alpha value is -1.92. The summed E-state index contributed by atoms with van der Waals surface area (Å²) in [5.41, 5.74) is 2.51. The maximum atomic E-state index is 4.87. The Balaban J connectivity index is 1.25. The number of fused-ring (bicyclic) bond motifs is 1. The average Bonchev–Trinajstić information content (AvgIpc) is 3.31. The van der Waals surface area contributed by atoms with E-state index < -0.39 is 0 Å². The van der Waals surface area contributed by atoms with Crippen molar-refractivity contribution in [3.63, 3.8) is 0 Å². The molecule has 3 heterocycles. The van der Waals surface area contributed by atoms with E-state index in [1.165, 1.54) is 54.1 Å². The monoisotopic (exact) mass is 395 g/mol. The zero-order chi connectivity index (χ0) is 18.8. The van der Waals surface area contributed by atoms with Crippen molar-refractivity contribution >= 4 is 26.7 Å². The van der Waals surface area contributed by atoms with Crippen molar-refractivity contribution in [1.82, 2.24) is 19.4 Å². The minimum atomic E-state index is 0.664. The first-order valence-corrected chi connectivity index (χ1v) is 11.5. The van der Waals surface area contributed by atoms with Crippen molar-refractivity contribution in [2.75, 3.05) is 31.1 Å². The lowest BCUT2D eigenvalue weighted by Gasteiger charge is -2.27. The van der Waals surface area contributed by atoms with Crippen LogP contribution in [0.1, 0.15) is 50.3 Å². The smallest absolute Gasteiger partial charge is 0.186 e. The number of aromatic nitrogens is 3. The van der Waals surface area contributed by atoms with Gasteiger partial charge in [0.15, 0.2) is 5.13 Å². The average molecular weight is 396 g/mol. The Labute approximate surface area is 171 Å². The number of hydrogen-bond acceptors (Lipinski definition) is 5. The molecule has 148 valence electrons. The summed E-state index contributed by atoms with van der Waals surface area (Å²) in [4.78, 5) is 14.4. The van der Waals surface area contributed by atoms with Crippen LogP contribution in [0.2, 0.25) is 0 Å². The molecule has 0 unspecified atom stereocenters. The second-order valence-corrected chi connectivity index (χ2v) is 9.17. The van der Waals surface area contributed by atoms with Gasteiger partial charge in [-0.05, 0) is 31.4 Å². The van der Waals surface area contributed by atoms with E-state index in [1.807, 2.05) is 11.3 Å². The third-order valence-corrected chi connectivity index (χ3v) is 7.34. The summed E-state index contributed by atoms with van der Waals surface area (Å²) in [5, 5.41) is 1.18. The Bertz CT molecular complexity index is 877. The third kappa shape index (κ3) is 3.80. The van der Waals surface area contributed by atoms with E-state index in [1.54, 1.807) is 0 Å². The molecule has 1 aliphatic carbocycles. The summed E-state index contributed by atoms with van der Waals surface area (Å²) in [7, 11) is 0. The molecule has 1 aromatic carbocycles. The third-order valence-electron chi connectivity index (χ3n) is 6.24. The van der Waals surface area contributed by atoms with E-state index in [-0.39, 0.29) is 0 Å². The first kappa shape index (κ1) is 18.1. The van der Waals surface area contributed by atoms with E-state index in [2.05, 4.69) is 56.1 Å². The highest BCUT2D eigenvalue weighted by molar-refractivity contribution is 7.22. The molecule has 1 aliphatic heterocycles. The molecule has 0 radical (unpaired) electrons. The number of para-hydroxylation sites is 1. The van der Waals surface area contributed by atoms with Gasteiger partial charge in [-0.15, -0.1) is 0 Å². The minimum Gasteiger partial charge on any atom is -0.347 e. The van der Waals surface area contributed by atoms with Crippen LogP contribution in [0.4, 0.5) is 5.13 Å². The zero-order valence-electron chi connectivity index (χ0n) is 16.5. The molecule has 0 atom stereocenters. The van der Waals surface area contributed by atoms with E-state index in [0.29, 0.717) is 6.04 Å². The number of imidazole rings is 1.